The van der Waals surface area contributed by atoms with Gasteiger partial charge in [0, 0.05) is 11.9 Å². The molecule has 0 bridgehead atoms. The van der Waals surface area contributed by atoms with Gasteiger partial charge in [-0.3, -0.25) is 20.0 Å². The van der Waals surface area contributed by atoms with Crippen molar-refractivity contribution in [2.75, 3.05) is 6.54 Å². The predicted octanol–water partition coefficient (Wildman–Crippen LogP) is 5.73. The number of thiazole rings is 1. The average Bonchev–Trinajstić information content (AvgIpc) is 3.62. The lowest BCUT2D eigenvalue weighted by atomic mass is 9.91. The smallest absolute Gasteiger partial charge is 0.408 e. The molecule has 10 heteroatoms. The molecule has 9 nitrogen and oxygen atoms in total. The normalized spacial score (nSPS) is 17.9. The Balaban J connectivity index is 1.10. The molecule has 1 saturated carbocycles. The molecule has 3 aromatic carbocycles. The van der Waals surface area contributed by atoms with Gasteiger partial charge in [-0.2, -0.15) is 0 Å². The highest BCUT2D eigenvalue weighted by Gasteiger charge is 2.51. The number of nitrogens with zero attached hydrogens (tertiary/aromatic N) is 2. The first-order valence-corrected chi connectivity index (χ1v) is 15.2. The second-order valence-corrected chi connectivity index (χ2v) is 11.7. The van der Waals surface area contributed by atoms with E-state index in [0.717, 1.165) is 29.5 Å². The number of carbonyl (C=O) groups is 3. The van der Waals surface area contributed by atoms with E-state index in [-0.39, 0.29) is 24.8 Å². The van der Waals surface area contributed by atoms with E-state index in [4.69, 9.17) is 9.47 Å². The number of alkyl carbamates (subject to hydrolysis) is 1. The number of amides is 3. The molecule has 0 radical (unpaired) electrons. The number of benzene rings is 3. The number of aromatic nitrogens is 1. The zero-order valence-corrected chi connectivity index (χ0v) is 24.3. The number of ether oxygens (including phenoxy) is 2. The molecule has 0 unspecified atom stereocenters. The van der Waals surface area contributed by atoms with Crippen molar-refractivity contribution in [3.8, 4) is 16.3 Å². The largest absolute Gasteiger partial charge is 0.488 e. The van der Waals surface area contributed by atoms with Crippen LogP contribution in [-0.4, -0.2) is 40.0 Å². The van der Waals surface area contributed by atoms with Gasteiger partial charge in [0.25, 0.3) is 11.8 Å². The quantitative estimate of drug-likeness (QED) is 0.229. The SMILES string of the molecule is O=C(N[C@@]1(CC2CC2)CCN(NC(=O)c2csc(-c3ccccc3OCc3ccccc3)n2)C1=O)OCc1ccccc1. The van der Waals surface area contributed by atoms with Crippen LogP contribution in [-0.2, 0) is 22.7 Å². The van der Waals surface area contributed by atoms with Crippen LogP contribution >= 0.6 is 11.3 Å². The summed E-state index contributed by atoms with van der Waals surface area (Å²) in [5.41, 5.74) is 4.47. The Bertz CT molecular complexity index is 1590. The molecule has 1 aromatic heterocycles. The molecule has 2 heterocycles. The van der Waals surface area contributed by atoms with Crippen LogP contribution in [0.5, 0.6) is 5.75 Å². The lowest BCUT2D eigenvalue weighted by Crippen LogP contribution is -2.57. The Morgan fingerprint density at radius 1 is 0.930 bits per heavy atom. The van der Waals surface area contributed by atoms with Crippen molar-refractivity contribution in [1.82, 2.24) is 20.7 Å². The van der Waals surface area contributed by atoms with Gasteiger partial charge >= 0.3 is 6.09 Å². The van der Waals surface area contributed by atoms with E-state index in [1.165, 1.54) is 16.3 Å². The summed E-state index contributed by atoms with van der Waals surface area (Å²) in [4.78, 5) is 44.2. The van der Waals surface area contributed by atoms with Crippen LogP contribution in [0.3, 0.4) is 0 Å². The number of hydrazine groups is 1. The van der Waals surface area contributed by atoms with Crippen LogP contribution in [0.25, 0.3) is 10.6 Å². The fraction of sp³-hybridized carbons (Fsp3) is 0.273. The van der Waals surface area contributed by atoms with E-state index in [9.17, 15) is 14.4 Å². The molecular weight excluding hydrogens is 564 g/mol. The van der Waals surface area contributed by atoms with Gasteiger partial charge in [0.05, 0.1) is 5.56 Å². The van der Waals surface area contributed by atoms with Crippen molar-refractivity contribution in [2.45, 2.75) is 44.4 Å². The van der Waals surface area contributed by atoms with Crippen molar-refractivity contribution in [3.63, 3.8) is 0 Å². The number of hydrogen-bond acceptors (Lipinski definition) is 7. The van der Waals surface area contributed by atoms with Crippen LogP contribution in [0.4, 0.5) is 4.79 Å². The van der Waals surface area contributed by atoms with Crippen molar-refractivity contribution in [3.05, 3.63) is 107 Å². The van der Waals surface area contributed by atoms with Gasteiger partial charge in [-0.15, -0.1) is 11.3 Å². The average molecular weight is 597 g/mol. The van der Waals surface area contributed by atoms with E-state index in [2.05, 4.69) is 15.7 Å². The maximum Gasteiger partial charge on any atom is 0.408 e. The van der Waals surface area contributed by atoms with Crippen LogP contribution in [0, 0.1) is 5.92 Å². The fourth-order valence-electron chi connectivity index (χ4n) is 5.19. The Morgan fingerprint density at radius 2 is 1.60 bits per heavy atom. The van der Waals surface area contributed by atoms with Gasteiger partial charge in [0.2, 0.25) is 0 Å². The molecule has 3 amide bonds. The Morgan fingerprint density at radius 3 is 2.33 bits per heavy atom. The minimum absolute atomic E-state index is 0.105. The molecule has 43 heavy (non-hydrogen) atoms. The van der Waals surface area contributed by atoms with Crippen LogP contribution < -0.4 is 15.5 Å². The van der Waals surface area contributed by atoms with E-state index >= 15 is 0 Å². The minimum atomic E-state index is -1.12. The summed E-state index contributed by atoms with van der Waals surface area (Å²) in [5.74, 6) is 0.184. The number of nitrogens with one attached hydrogen (secondary N) is 2. The minimum Gasteiger partial charge on any atom is -0.488 e. The van der Waals surface area contributed by atoms with Crippen molar-refractivity contribution < 1.29 is 23.9 Å². The summed E-state index contributed by atoms with van der Waals surface area (Å²) < 4.78 is 11.5. The summed E-state index contributed by atoms with van der Waals surface area (Å²) in [6, 6.07) is 26.8. The molecule has 0 spiro atoms. The van der Waals surface area contributed by atoms with Gasteiger partial charge < -0.3 is 14.8 Å². The maximum absolute atomic E-state index is 13.6. The van der Waals surface area contributed by atoms with Crippen LogP contribution in [0.15, 0.2) is 90.3 Å². The Hall–Kier alpha value is -4.70. The molecule has 1 atom stereocenters. The lowest BCUT2D eigenvalue weighted by molar-refractivity contribution is -0.135. The Kier molecular flexibility index (Phi) is 8.37. The summed E-state index contributed by atoms with van der Waals surface area (Å²) in [6.45, 7) is 0.779. The topological polar surface area (TPSA) is 110 Å². The van der Waals surface area contributed by atoms with E-state index in [1.807, 2.05) is 84.9 Å². The highest BCUT2D eigenvalue weighted by Crippen LogP contribution is 2.40. The fourth-order valence-corrected chi connectivity index (χ4v) is 6.02. The predicted molar refractivity (Wildman–Crippen MR) is 162 cm³/mol. The second-order valence-electron chi connectivity index (χ2n) is 10.9. The van der Waals surface area contributed by atoms with Crippen LogP contribution in [0.2, 0.25) is 0 Å². The molecule has 6 rings (SSSR count). The van der Waals surface area contributed by atoms with E-state index in [1.54, 1.807) is 5.38 Å². The molecule has 1 aliphatic carbocycles. The lowest BCUT2D eigenvalue weighted by Gasteiger charge is -2.28. The zero-order valence-electron chi connectivity index (χ0n) is 23.5. The molecule has 1 aliphatic heterocycles. The first-order chi connectivity index (χ1) is 21.0. The molecule has 1 saturated heterocycles. The first kappa shape index (κ1) is 28.4. The second kappa shape index (κ2) is 12.7. The molecule has 2 aliphatic rings. The summed E-state index contributed by atoms with van der Waals surface area (Å²) in [7, 11) is 0. The van der Waals surface area contributed by atoms with Crippen molar-refractivity contribution >= 4 is 29.2 Å². The summed E-state index contributed by atoms with van der Waals surface area (Å²) in [6.07, 6.45) is 2.26. The van der Waals surface area contributed by atoms with Gasteiger partial charge in [-0.1, -0.05) is 85.6 Å². The highest BCUT2D eigenvalue weighted by molar-refractivity contribution is 7.13. The van der Waals surface area contributed by atoms with Crippen LogP contribution in [0.1, 0.15) is 47.3 Å². The van der Waals surface area contributed by atoms with Crippen molar-refractivity contribution in [2.24, 2.45) is 5.92 Å². The molecule has 4 aromatic rings. The zero-order chi connectivity index (χ0) is 29.6. The van der Waals surface area contributed by atoms with Gasteiger partial charge in [0.1, 0.15) is 35.2 Å². The van der Waals surface area contributed by atoms with Gasteiger partial charge in [-0.05, 0) is 42.0 Å². The molecule has 220 valence electrons. The highest BCUT2D eigenvalue weighted by atomic mass is 32.1. The third-order valence-electron chi connectivity index (χ3n) is 7.63. The Labute approximate surface area is 253 Å². The molecule has 2 N–H and O–H groups in total. The van der Waals surface area contributed by atoms with Crippen molar-refractivity contribution in [1.29, 1.82) is 0 Å². The number of rotatable bonds is 11. The standard InChI is InChI=1S/C33H32N4O5S/c38-29(27-22-43-30(34-27)26-13-7-8-14-28(26)41-20-24-9-3-1-4-10-24)36-37-18-17-33(31(37)39,19-23-15-16-23)35-32(40)42-21-25-11-5-2-6-12-25/h1-14,22-23H,15-21H2,(H,35,40)(H,36,38)/t33-/m1/s1. The summed E-state index contributed by atoms with van der Waals surface area (Å²) in [5, 5.41) is 6.44. The maximum atomic E-state index is 13.6. The number of carbonyl (C=O) groups excluding carboxylic acids is 3. The number of para-hydroxylation sites is 1. The molecular formula is C33H32N4O5S. The van der Waals surface area contributed by atoms with Gasteiger partial charge in [-0.25, -0.2) is 9.78 Å². The van der Waals surface area contributed by atoms with E-state index in [0.29, 0.717) is 36.1 Å². The first-order valence-electron chi connectivity index (χ1n) is 14.3. The van der Waals surface area contributed by atoms with Gasteiger partial charge in [0.15, 0.2) is 0 Å². The molecule has 2 fully saturated rings. The third kappa shape index (κ3) is 6.86. The summed E-state index contributed by atoms with van der Waals surface area (Å²) >= 11 is 1.33. The van der Waals surface area contributed by atoms with E-state index < -0.39 is 17.5 Å². The third-order valence-corrected chi connectivity index (χ3v) is 8.51. The monoisotopic (exact) mass is 596 g/mol. The number of hydrogen-bond donors (Lipinski definition) is 2.